The van der Waals surface area contributed by atoms with Crippen molar-refractivity contribution in [1.82, 2.24) is 0 Å². The van der Waals surface area contributed by atoms with E-state index in [1.807, 2.05) is 69.2 Å². The molecule has 0 amide bonds. The van der Waals surface area contributed by atoms with Crippen LogP contribution in [0.4, 0.5) is 0 Å². The summed E-state index contributed by atoms with van der Waals surface area (Å²) >= 11 is 0. The van der Waals surface area contributed by atoms with Crippen molar-refractivity contribution in [1.29, 1.82) is 0 Å². The first-order chi connectivity index (χ1) is 22.6. The van der Waals surface area contributed by atoms with Crippen LogP contribution in [0.5, 0.6) is 0 Å². The molecule has 0 aliphatic heterocycles. The van der Waals surface area contributed by atoms with Gasteiger partial charge in [-0.25, -0.2) is 8.42 Å². The van der Waals surface area contributed by atoms with Crippen LogP contribution < -0.4 is 0 Å². The van der Waals surface area contributed by atoms with Crippen LogP contribution in [0.3, 0.4) is 0 Å². The number of ketones is 1. The van der Waals surface area contributed by atoms with E-state index in [1.165, 1.54) is 26.7 Å². The second-order valence-electron chi connectivity index (χ2n) is 12.6. The highest BCUT2D eigenvalue weighted by molar-refractivity contribution is 7.85. The lowest BCUT2D eigenvalue weighted by molar-refractivity contribution is -0.144. The van der Waals surface area contributed by atoms with Gasteiger partial charge >= 0.3 is 5.97 Å². The molecule has 1 unspecified atom stereocenters. The number of rotatable bonds is 16. The predicted octanol–water partition coefficient (Wildman–Crippen LogP) is 7.25. The summed E-state index contributed by atoms with van der Waals surface area (Å²) in [6.07, 6.45) is 2.85. The summed E-state index contributed by atoms with van der Waals surface area (Å²) in [5.41, 5.74) is 0. The average molecular weight is 770 g/mol. The standard InChI is InChI=1S/C7H16O.C6H14O5S.C6H12O2.C5H10O2.3C4H10O.CH4/c1-4-5-6-8-7(2)3;1-5(2)11-3-6(7)4-12(8,9)10;1-5(2)8-4-6(3)7;1-4(2)7-5(3)6;3*1-4(2)5-3;/h7H,4-6H2,1-3H3;5-7H,3-4H2,1-2H3,(H,8,9,10);5H,4H2,1-3H3;4H,1-3H3;3*4H,1-3H3;1H4/p-1. The molecule has 1 atom stereocenters. The Morgan fingerprint density at radius 2 is 0.961 bits per heavy atom. The maximum Gasteiger partial charge on any atom is 0.302 e. The molecule has 0 aromatic carbocycles. The molecule has 0 aliphatic rings. The van der Waals surface area contributed by atoms with E-state index in [1.54, 1.807) is 35.2 Å². The Kier molecular flexibility index (Phi) is 64.9. The smallest absolute Gasteiger partial charge is 0.302 e. The normalized spacial score (nSPS) is 10.8. The minimum atomic E-state index is -4.35. The summed E-state index contributed by atoms with van der Waals surface area (Å²) < 4.78 is 64.3. The van der Waals surface area contributed by atoms with Gasteiger partial charge < -0.3 is 42.8 Å². The summed E-state index contributed by atoms with van der Waals surface area (Å²) in [6, 6.07) is 0. The molecule has 0 saturated heterocycles. The van der Waals surface area contributed by atoms with Crippen molar-refractivity contribution in [2.24, 2.45) is 0 Å². The van der Waals surface area contributed by atoms with Crippen LogP contribution >= 0.6 is 0 Å². The Balaban J connectivity index is -0.0000000720. The lowest BCUT2D eigenvalue weighted by atomic mass is 10.3. The Morgan fingerprint density at radius 3 is 1.12 bits per heavy atom. The largest absolute Gasteiger partial charge is 0.748 e. The van der Waals surface area contributed by atoms with Gasteiger partial charge in [-0.3, -0.25) is 9.59 Å². The highest BCUT2D eigenvalue weighted by Gasteiger charge is 2.09. The third-order valence-corrected chi connectivity index (χ3v) is 5.20. The van der Waals surface area contributed by atoms with Crippen LogP contribution in [0, 0.1) is 0 Å². The zero-order valence-corrected chi connectivity index (χ0v) is 36.4. The minimum absolute atomic E-state index is 0. The number of carbonyl (C=O) groups is 2. The van der Waals surface area contributed by atoms with Crippen LogP contribution in [0.25, 0.3) is 0 Å². The predicted molar refractivity (Wildman–Crippen MR) is 209 cm³/mol. The molecule has 0 bridgehead atoms. The molecule has 0 saturated carbocycles. The van der Waals surface area contributed by atoms with Crippen LogP contribution in [-0.4, -0.2) is 126 Å². The number of aliphatic hydroxyl groups excluding tert-OH is 1. The van der Waals surface area contributed by atoms with E-state index in [2.05, 4.69) is 25.5 Å². The van der Waals surface area contributed by atoms with Crippen LogP contribution in [-0.2, 0) is 52.9 Å². The van der Waals surface area contributed by atoms with Gasteiger partial charge in [0.15, 0.2) is 5.78 Å². The fourth-order valence-electron chi connectivity index (χ4n) is 1.67. The molecule has 51 heavy (non-hydrogen) atoms. The van der Waals surface area contributed by atoms with E-state index in [0.29, 0.717) is 24.4 Å². The molecule has 0 radical (unpaired) electrons. The van der Waals surface area contributed by atoms with Gasteiger partial charge in [0.25, 0.3) is 0 Å². The van der Waals surface area contributed by atoms with Gasteiger partial charge in [-0.2, -0.15) is 0 Å². The third-order valence-electron chi connectivity index (χ3n) is 4.40. The first-order valence-electron chi connectivity index (χ1n) is 17.4. The minimum Gasteiger partial charge on any atom is -0.748 e. The number of esters is 1. The summed E-state index contributed by atoms with van der Waals surface area (Å²) in [5.74, 6) is -0.923. The van der Waals surface area contributed by atoms with Gasteiger partial charge in [-0.05, 0) is 110 Å². The van der Waals surface area contributed by atoms with Crippen LogP contribution in [0.1, 0.15) is 138 Å². The Morgan fingerprint density at radius 1 is 0.627 bits per heavy atom. The van der Waals surface area contributed by atoms with E-state index in [-0.39, 0.29) is 50.7 Å². The summed E-state index contributed by atoms with van der Waals surface area (Å²) in [7, 11) is 0.746. The number of carbonyl (C=O) groups excluding carboxylic acids is 2. The van der Waals surface area contributed by atoms with E-state index in [9.17, 15) is 22.6 Å². The molecule has 0 spiro atoms. The molecule has 14 heteroatoms. The molecule has 0 fully saturated rings. The molecular formula is C37H85O13S-. The van der Waals surface area contributed by atoms with E-state index in [4.69, 9.17) is 33.5 Å². The van der Waals surface area contributed by atoms with Crippen molar-refractivity contribution in [3.05, 3.63) is 0 Å². The molecule has 0 aliphatic carbocycles. The van der Waals surface area contributed by atoms with Gasteiger partial charge in [0.1, 0.15) is 6.61 Å². The highest BCUT2D eigenvalue weighted by atomic mass is 32.2. The van der Waals surface area contributed by atoms with Crippen LogP contribution in [0.15, 0.2) is 0 Å². The van der Waals surface area contributed by atoms with Gasteiger partial charge in [0.2, 0.25) is 0 Å². The topological polar surface area (TPSA) is 176 Å². The Labute approximate surface area is 315 Å². The number of unbranched alkanes of at least 4 members (excludes halogenated alkanes) is 1. The molecule has 0 aromatic rings. The van der Waals surface area contributed by atoms with Crippen molar-refractivity contribution in [3.8, 4) is 0 Å². The van der Waals surface area contributed by atoms with E-state index >= 15 is 0 Å². The number of ether oxygens (including phenoxy) is 7. The number of aliphatic hydroxyl groups is 1. The monoisotopic (exact) mass is 770 g/mol. The maximum atomic E-state index is 10.2. The maximum absolute atomic E-state index is 10.2. The molecule has 13 nitrogen and oxygen atoms in total. The van der Waals surface area contributed by atoms with Crippen LogP contribution in [0.2, 0.25) is 0 Å². The molecule has 0 aromatic heterocycles. The lowest BCUT2D eigenvalue weighted by Crippen LogP contribution is -2.26. The number of Topliss-reactive ketones (excluding diaryl/α,β-unsaturated/α-hetero) is 1. The highest BCUT2D eigenvalue weighted by Crippen LogP contribution is 1.95. The molecule has 0 rings (SSSR count). The second-order valence-corrected chi connectivity index (χ2v) is 14.1. The molecular weight excluding hydrogens is 684 g/mol. The van der Waals surface area contributed by atoms with Gasteiger partial charge in [0, 0.05) is 34.9 Å². The molecule has 0 heterocycles. The Hall–Kier alpha value is -1.23. The number of hydrogen-bond donors (Lipinski definition) is 1. The summed E-state index contributed by atoms with van der Waals surface area (Å²) in [4.78, 5) is 20.3. The van der Waals surface area contributed by atoms with Gasteiger partial charge in [0.05, 0.1) is 71.3 Å². The van der Waals surface area contributed by atoms with Crippen molar-refractivity contribution in [2.45, 2.75) is 187 Å². The van der Waals surface area contributed by atoms with E-state index < -0.39 is 22.0 Å². The van der Waals surface area contributed by atoms with Gasteiger partial charge in [-0.1, -0.05) is 20.8 Å². The number of methoxy groups -OCH3 is 3. The van der Waals surface area contributed by atoms with Crippen molar-refractivity contribution in [3.63, 3.8) is 0 Å². The zero-order valence-electron chi connectivity index (χ0n) is 35.6. The molecule has 1 N–H and O–H groups in total. The van der Waals surface area contributed by atoms with E-state index in [0.717, 1.165) is 6.61 Å². The first-order valence-corrected chi connectivity index (χ1v) is 18.9. The summed E-state index contributed by atoms with van der Waals surface area (Å²) in [6.45, 7) is 33.2. The SMILES string of the molecule is C.CC(=O)COC(C)C.CC(=O)OC(C)C.CC(C)OCC(O)CS(=O)(=O)[O-].CCCCOC(C)C.COC(C)C.COC(C)C.COC(C)C. The fourth-order valence-corrected chi connectivity index (χ4v) is 2.23. The van der Waals surface area contributed by atoms with Gasteiger partial charge in [-0.15, -0.1) is 0 Å². The average Bonchev–Trinajstić information content (AvgIpc) is 2.95. The Bertz CT molecular complexity index is 749. The van der Waals surface area contributed by atoms with Crippen molar-refractivity contribution < 1.29 is 60.8 Å². The number of hydrogen-bond acceptors (Lipinski definition) is 13. The summed E-state index contributed by atoms with van der Waals surface area (Å²) in [5, 5.41) is 8.93. The van der Waals surface area contributed by atoms with Crippen molar-refractivity contribution in [2.75, 3.05) is 46.9 Å². The van der Waals surface area contributed by atoms with Crippen molar-refractivity contribution >= 4 is 21.9 Å². The first kappa shape index (κ1) is 67.8. The third kappa shape index (κ3) is 129. The lowest BCUT2D eigenvalue weighted by Gasteiger charge is -2.14. The second kappa shape index (κ2) is 48.8. The quantitative estimate of drug-likeness (QED) is 0.0945. The fraction of sp³-hybridized carbons (Fsp3) is 0.946. The zero-order chi connectivity index (χ0) is 41.5. The molecule has 318 valence electrons.